The van der Waals surface area contributed by atoms with E-state index < -0.39 is 10.0 Å². The molecule has 2 rings (SSSR count). The van der Waals surface area contributed by atoms with Crippen molar-refractivity contribution in [1.29, 1.82) is 0 Å². The lowest BCUT2D eigenvalue weighted by Gasteiger charge is -2.10. The summed E-state index contributed by atoms with van der Waals surface area (Å²) in [6, 6.07) is 15.3. The summed E-state index contributed by atoms with van der Waals surface area (Å²) in [7, 11) is -3.27. The Morgan fingerprint density at radius 1 is 0.944 bits per heavy atom. The molecule has 2 aromatic rings. The van der Waals surface area contributed by atoms with Gasteiger partial charge in [0.05, 0.1) is 11.9 Å². The summed E-state index contributed by atoms with van der Waals surface area (Å²) in [6.45, 7) is 2.02. The van der Waals surface area contributed by atoms with E-state index in [4.69, 9.17) is 0 Å². The highest BCUT2D eigenvalue weighted by Gasteiger charge is 2.08. The molecule has 18 heavy (non-hydrogen) atoms. The van der Waals surface area contributed by atoms with Crippen molar-refractivity contribution >= 4 is 15.7 Å². The van der Waals surface area contributed by atoms with Crippen molar-refractivity contribution in [3.8, 4) is 11.1 Å². The van der Waals surface area contributed by atoms with Crippen molar-refractivity contribution < 1.29 is 8.42 Å². The summed E-state index contributed by atoms with van der Waals surface area (Å²) < 4.78 is 25.2. The van der Waals surface area contributed by atoms with Gasteiger partial charge in [0.25, 0.3) is 0 Å². The third-order valence-electron chi connectivity index (χ3n) is 2.58. The highest BCUT2D eigenvalue weighted by atomic mass is 32.2. The maximum atomic E-state index is 11.3. The van der Waals surface area contributed by atoms with E-state index >= 15 is 0 Å². The average Bonchev–Trinajstić information content (AvgIpc) is 2.29. The topological polar surface area (TPSA) is 46.2 Å². The SMILES string of the molecule is Cc1ccc(-c2ccccc2NS(C)(=O)=O)cc1. The smallest absolute Gasteiger partial charge is 0.229 e. The van der Waals surface area contributed by atoms with Crippen LogP contribution in [0.4, 0.5) is 5.69 Å². The van der Waals surface area contributed by atoms with Crippen LogP contribution >= 0.6 is 0 Å². The van der Waals surface area contributed by atoms with Gasteiger partial charge in [-0.25, -0.2) is 8.42 Å². The van der Waals surface area contributed by atoms with Gasteiger partial charge in [-0.1, -0.05) is 48.0 Å². The predicted molar refractivity (Wildman–Crippen MR) is 75.1 cm³/mol. The predicted octanol–water partition coefficient (Wildman–Crippen LogP) is 3.03. The van der Waals surface area contributed by atoms with Crippen molar-refractivity contribution in [1.82, 2.24) is 0 Å². The van der Waals surface area contributed by atoms with Crippen LogP contribution < -0.4 is 4.72 Å². The maximum absolute atomic E-state index is 11.3. The lowest BCUT2D eigenvalue weighted by molar-refractivity contribution is 0.607. The monoisotopic (exact) mass is 261 g/mol. The Hall–Kier alpha value is -1.81. The quantitative estimate of drug-likeness (QED) is 0.923. The molecule has 0 saturated heterocycles. The third-order valence-corrected chi connectivity index (χ3v) is 3.18. The normalized spacial score (nSPS) is 11.2. The van der Waals surface area contributed by atoms with E-state index in [1.165, 1.54) is 5.56 Å². The molecule has 2 aromatic carbocycles. The van der Waals surface area contributed by atoms with Crippen LogP contribution in [0.25, 0.3) is 11.1 Å². The van der Waals surface area contributed by atoms with E-state index in [1.807, 2.05) is 49.4 Å². The maximum Gasteiger partial charge on any atom is 0.229 e. The molecule has 0 aliphatic carbocycles. The highest BCUT2D eigenvalue weighted by molar-refractivity contribution is 7.92. The molecule has 0 bridgehead atoms. The van der Waals surface area contributed by atoms with E-state index in [1.54, 1.807) is 6.07 Å². The summed E-state index contributed by atoms with van der Waals surface area (Å²) >= 11 is 0. The van der Waals surface area contributed by atoms with Gasteiger partial charge >= 0.3 is 0 Å². The molecule has 0 aromatic heterocycles. The van der Waals surface area contributed by atoms with Crippen molar-refractivity contribution in [2.75, 3.05) is 11.0 Å². The summed E-state index contributed by atoms with van der Waals surface area (Å²) in [5.41, 5.74) is 3.64. The minimum atomic E-state index is -3.27. The van der Waals surface area contributed by atoms with Crippen LogP contribution in [0.5, 0.6) is 0 Å². The number of anilines is 1. The second-order valence-corrected chi connectivity index (χ2v) is 6.03. The molecule has 0 saturated carbocycles. The van der Waals surface area contributed by atoms with Crippen LogP contribution in [0, 0.1) is 6.92 Å². The Morgan fingerprint density at radius 3 is 2.17 bits per heavy atom. The molecule has 0 fully saturated rings. The highest BCUT2D eigenvalue weighted by Crippen LogP contribution is 2.28. The fourth-order valence-electron chi connectivity index (χ4n) is 1.76. The second-order valence-electron chi connectivity index (χ2n) is 4.29. The van der Waals surface area contributed by atoms with Crippen LogP contribution in [0.15, 0.2) is 48.5 Å². The first kappa shape index (κ1) is 12.6. The molecule has 0 aliphatic rings. The summed E-state index contributed by atoms with van der Waals surface area (Å²) in [5.74, 6) is 0. The standard InChI is InChI=1S/C14H15NO2S/c1-11-7-9-12(10-8-11)13-5-3-4-6-14(13)15-18(2,16)17/h3-10,15H,1-2H3. The van der Waals surface area contributed by atoms with Crippen molar-refractivity contribution in [2.24, 2.45) is 0 Å². The number of sulfonamides is 1. The van der Waals surface area contributed by atoms with Gasteiger partial charge in [-0.05, 0) is 18.6 Å². The van der Waals surface area contributed by atoms with Crippen molar-refractivity contribution in [3.63, 3.8) is 0 Å². The Labute approximate surface area is 108 Å². The van der Waals surface area contributed by atoms with Crippen LogP contribution in [-0.2, 0) is 10.0 Å². The second kappa shape index (κ2) is 4.82. The molecular formula is C14H15NO2S. The van der Waals surface area contributed by atoms with Crippen molar-refractivity contribution in [3.05, 3.63) is 54.1 Å². The minimum Gasteiger partial charge on any atom is -0.283 e. The number of aryl methyl sites for hydroxylation is 1. The number of hydrogen-bond donors (Lipinski definition) is 1. The molecule has 0 unspecified atom stereocenters. The summed E-state index contributed by atoms with van der Waals surface area (Å²) in [6.07, 6.45) is 1.15. The Balaban J connectivity index is 2.48. The van der Waals surface area contributed by atoms with Crippen LogP contribution in [0.3, 0.4) is 0 Å². The molecule has 0 radical (unpaired) electrons. The zero-order valence-electron chi connectivity index (χ0n) is 10.3. The molecule has 0 spiro atoms. The Morgan fingerprint density at radius 2 is 1.56 bits per heavy atom. The van der Waals surface area contributed by atoms with E-state index in [-0.39, 0.29) is 0 Å². The van der Waals surface area contributed by atoms with Crippen LogP contribution in [-0.4, -0.2) is 14.7 Å². The van der Waals surface area contributed by atoms with Crippen LogP contribution in [0.1, 0.15) is 5.56 Å². The van der Waals surface area contributed by atoms with E-state index in [0.29, 0.717) is 5.69 Å². The lowest BCUT2D eigenvalue weighted by atomic mass is 10.0. The number of rotatable bonds is 3. The molecular weight excluding hydrogens is 246 g/mol. The molecule has 0 amide bonds. The molecule has 0 atom stereocenters. The first-order valence-corrected chi connectivity index (χ1v) is 7.49. The van der Waals surface area contributed by atoms with Gasteiger partial charge < -0.3 is 0 Å². The van der Waals surface area contributed by atoms with Gasteiger partial charge in [0.2, 0.25) is 10.0 Å². The molecule has 3 nitrogen and oxygen atoms in total. The number of benzene rings is 2. The van der Waals surface area contributed by atoms with Gasteiger partial charge in [0.15, 0.2) is 0 Å². The Bertz CT molecular complexity index is 646. The fourth-order valence-corrected chi connectivity index (χ4v) is 2.33. The molecule has 94 valence electrons. The minimum absolute atomic E-state index is 0.601. The average molecular weight is 261 g/mol. The van der Waals surface area contributed by atoms with E-state index in [2.05, 4.69) is 4.72 Å². The lowest BCUT2D eigenvalue weighted by Crippen LogP contribution is -2.10. The van der Waals surface area contributed by atoms with Crippen LogP contribution in [0.2, 0.25) is 0 Å². The molecule has 1 N–H and O–H groups in total. The zero-order chi connectivity index (χ0) is 13.2. The van der Waals surface area contributed by atoms with E-state index in [0.717, 1.165) is 17.4 Å². The number of para-hydroxylation sites is 1. The molecule has 4 heteroatoms. The third kappa shape index (κ3) is 3.11. The summed E-state index contributed by atoms with van der Waals surface area (Å²) in [4.78, 5) is 0. The van der Waals surface area contributed by atoms with Crippen molar-refractivity contribution in [2.45, 2.75) is 6.92 Å². The number of hydrogen-bond acceptors (Lipinski definition) is 2. The van der Waals surface area contributed by atoms with Gasteiger partial charge in [0, 0.05) is 5.56 Å². The van der Waals surface area contributed by atoms with Gasteiger partial charge in [0.1, 0.15) is 0 Å². The molecule has 0 aliphatic heterocycles. The van der Waals surface area contributed by atoms with Gasteiger partial charge in [-0.15, -0.1) is 0 Å². The number of nitrogens with one attached hydrogen (secondary N) is 1. The van der Waals surface area contributed by atoms with Gasteiger partial charge in [-0.3, -0.25) is 4.72 Å². The fraction of sp³-hybridized carbons (Fsp3) is 0.143. The zero-order valence-corrected chi connectivity index (χ0v) is 11.2. The Kier molecular flexibility index (Phi) is 3.39. The first-order valence-electron chi connectivity index (χ1n) is 5.59. The molecule has 0 heterocycles. The summed E-state index contributed by atoms with van der Waals surface area (Å²) in [5, 5.41) is 0. The largest absolute Gasteiger partial charge is 0.283 e. The van der Waals surface area contributed by atoms with E-state index in [9.17, 15) is 8.42 Å². The first-order chi connectivity index (χ1) is 8.46. The van der Waals surface area contributed by atoms with Gasteiger partial charge in [-0.2, -0.15) is 0 Å².